The summed E-state index contributed by atoms with van der Waals surface area (Å²) in [7, 11) is 1.87. The summed E-state index contributed by atoms with van der Waals surface area (Å²) < 4.78 is 11.7. The van der Waals surface area contributed by atoms with E-state index in [1.165, 1.54) is 5.56 Å². The number of para-hydroxylation sites is 2. The van der Waals surface area contributed by atoms with Crippen LogP contribution in [0.25, 0.3) is 0 Å². The number of likely N-dealkylation sites (N-methyl/N-ethyl adjacent to an activating group) is 1. The number of nitrogens with zero attached hydrogens (tertiary/aromatic N) is 3. The molecule has 7 heteroatoms. The van der Waals surface area contributed by atoms with Gasteiger partial charge in [-0.2, -0.15) is 0 Å². The Morgan fingerprint density at radius 2 is 1.67 bits per heavy atom. The number of likely N-dealkylation sites (tertiary alicyclic amines) is 1. The lowest BCUT2D eigenvalue weighted by Gasteiger charge is -2.41. The molecule has 36 heavy (non-hydrogen) atoms. The summed E-state index contributed by atoms with van der Waals surface area (Å²) in [6, 6.07) is 23.1. The number of aromatic nitrogens is 1. The van der Waals surface area contributed by atoms with Crippen molar-refractivity contribution in [1.29, 1.82) is 0 Å². The van der Waals surface area contributed by atoms with E-state index in [1.54, 1.807) is 12.3 Å². The number of carbonyl (C=O) groups excluding carboxylic acids is 2. The second-order valence-corrected chi connectivity index (χ2v) is 9.42. The zero-order valence-corrected chi connectivity index (χ0v) is 20.5. The molecule has 0 spiro atoms. The zero-order valence-electron chi connectivity index (χ0n) is 20.5. The Balaban J connectivity index is 1.26. The van der Waals surface area contributed by atoms with E-state index in [9.17, 15) is 9.59 Å². The van der Waals surface area contributed by atoms with E-state index in [-0.39, 0.29) is 30.4 Å². The van der Waals surface area contributed by atoms with E-state index in [0.29, 0.717) is 30.3 Å². The summed E-state index contributed by atoms with van der Waals surface area (Å²) in [6.07, 6.45) is 3.39. The van der Waals surface area contributed by atoms with Gasteiger partial charge in [0.1, 0.15) is 12.3 Å². The molecule has 2 amide bonds. The van der Waals surface area contributed by atoms with Gasteiger partial charge in [0.25, 0.3) is 11.8 Å². The molecule has 0 bridgehead atoms. The predicted molar refractivity (Wildman–Crippen MR) is 136 cm³/mol. The first-order chi connectivity index (χ1) is 17.6. The van der Waals surface area contributed by atoms with E-state index in [2.05, 4.69) is 17.1 Å². The number of amides is 2. The Kier molecular flexibility index (Phi) is 7.16. The van der Waals surface area contributed by atoms with Crippen LogP contribution in [0, 0.1) is 5.92 Å². The third kappa shape index (κ3) is 5.20. The molecule has 2 aliphatic rings. The van der Waals surface area contributed by atoms with E-state index in [0.717, 1.165) is 19.3 Å². The van der Waals surface area contributed by atoms with Crippen molar-refractivity contribution in [3.05, 3.63) is 90.3 Å². The van der Waals surface area contributed by atoms with Gasteiger partial charge in [0.2, 0.25) is 6.10 Å². The largest absolute Gasteiger partial charge is 0.485 e. The molecule has 0 unspecified atom stereocenters. The smallest absolute Gasteiger partial charge is 0.272 e. The van der Waals surface area contributed by atoms with Crippen molar-refractivity contribution in [2.24, 2.45) is 5.92 Å². The minimum Gasteiger partial charge on any atom is -0.485 e. The molecule has 3 heterocycles. The van der Waals surface area contributed by atoms with Gasteiger partial charge in [0.15, 0.2) is 11.5 Å². The second-order valence-electron chi connectivity index (χ2n) is 9.42. The number of fused-ring (bicyclic) bond motifs is 1. The van der Waals surface area contributed by atoms with Gasteiger partial charge in [-0.15, -0.1) is 0 Å². The van der Waals surface area contributed by atoms with Gasteiger partial charge in [0.05, 0.1) is 0 Å². The molecule has 5 rings (SSSR count). The molecule has 0 radical (unpaired) electrons. The summed E-state index contributed by atoms with van der Waals surface area (Å²) in [4.78, 5) is 34.5. The maximum atomic E-state index is 13.3. The number of ether oxygens (including phenoxy) is 2. The van der Waals surface area contributed by atoms with Crippen molar-refractivity contribution < 1.29 is 19.1 Å². The summed E-state index contributed by atoms with van der Waals surface area (Å²) in [5.74, 6) is 1.41. The fourth-order valence-corrected chi connectivity index (χ4v) is 5.15. The number of hydrogen-bond donors (Lipinski definition) is 0. The topological polar surface area (TPSA) is 72.0 Å². The first kappa shape index (κ1) is 23.9. The summed E-state index contributed by atoms with van der Waals surface area (Å²) >= 11 is 0. The maximum Gasteiger partial charge on any atom is 0.272 e. The molecular weight excluding hydrogens is 454 g/mol. The highest BCUT2D eigenvalue weighted by molar-refractivity contribution is 5.92. The molecular formula is C29H31N3O4. The summed E-state index contributed by atoms with van der Waals surface area (Å²) in [6.45, 7) is 1.47. The van der Waals surface area contributed by atoms with Gasteiger partial charge in [-0.25, -0.2) is 0 Å². The van der Waals surface area contributed by atoms with Crippen LogP contribution in [0.15, 0.2) is 79.0 Å². The third-order valence-electron chi connectivity index (χ3n) is 7.17. The van der Waals surface area contributed by atoms with Gasteiger partial charge in [-0.1, -0.05) is 48.5 Å². The van der Waals surface area contributed by atoms with Crippen molar-refractivity contribution in [3.8, 4) is 11.5 Å². The van der Waals surface area contributed by atoms with Crippen LogP contribution in [0.1, 0.15) is 28.9 Å². The van der Waals surface area contributed by atoms with Crippen molar-refractivity contribution in [2.45, 2.75) is 31.4 Å². The standard InChI is InChI=1S/C29H31N3O4/c1-31(28(33)23-11-7-8-16-30-23)24(19-21-9-3-2-4-10-21)22-14-17-32(18-15-22)29(34)27-20-35-25-12-5-6-13-26(25)36-27/h2-13,16,22,24,27H,14-15,17-20H2,1H3/t24-,27-/m0/s1. The van der Waals surface area contributed by atoms with E-state index in [1.807, 2.05) is 71.4 Å². The summed E-state index contributed by atoms with van der Waals surface area (Å²) in [5, 5.41) is 0. The van der Waals surface area contributed by atoms with Crippen LogP contribution in [0.3, 0.4) is 0 Å². The number of piperidine rings is 1. The fraction of sp³-hybridized carbons (Fsp3) is 0.345. The maximum absolute atomic E-state index is 13.3. The number of pyridine rings is 1. The average Bonchev–Trinajstić information content (AvgIpc) is 2.95. The lowest BCUT2D eigenvalue weighted by atomic mass is 9.84. The van der Waals surface area contributed by atoms with Crippen LogP contribution in [0.5, 0.6) is 11.5 Å². The van der Waals surface area contributed by atoms with Gasteiger partial charge in [-0.3, -0.25) is 14.6 Å². The molecule has 186 valence electrons. The van der Waals surface area contributed by atoms with Gasteiger partial charge < -0.3 is 19.3 Å². The number of rotatable bonds is 6. The Morgan fingerprint density at radius 3 is 2.39 bits per heavy atom. The first-order valence-electron chi connectivity index (χ1n) is 12.5. The van der Waals surface area contributed by atoms with Gasteiger partial charge in [0, 0.05) is 32.4 Å². The fourth-order valence-electron chi connectivity index (χ4n) is 5.15. The number of benzene rings is 2. The first-order valence-corrected chi connectivity index (χ1v) is 12.5. The monoisotopic (exact) mass is 485 g/mol. The highest BCUT2D eigenvalue weighted by atomic mass is 16.6. The molecule has 1 fully saturated rings. The van der Waals surface area contributed by atoms with Crippen LogP contribution in [0.4, 0.5) is 0 Å². The molecule has 2 aromatic carbocycles. The minimum absolute atomic E-state index is 0.000277. The Morgan fingerprint density at radius 1 is 0.972 bits per heavy atom. The number of hydrogen-bond acceptors (Lipinski definition) is 5. The molecule has 2 atom stereocenters. The van der Waals surface area contributed by atoms with Crippen molar-refractivity contribution in [2.75, 3.05) is 26.7 Å². The van der Waals surface area contributed by atoms with Gasteiger partial charge >= 0.3 is 0 Å². The van der Waals surface area contributed by atoms with E-state index < -0.39 is 6.10 Å². The van der Waals surface area contributed by atoms with Crippen LogP contribution in [0.2, 0.25) is 0 Å². The van der Waals surface area contributed by atoms with Crippen LogP contribution in [-0.4, -0.2) is 65.5 Å². The van der Waals surface area contributed by atoms with Crippen LogP contribution in [-0.2, 0) is 11.2 Å². The van der Waals surface area contributed by atoms with Gasteiger partial charge in [-0.05, 0) is 55.0 Å². The van der Waals surface area contributed by atoms with Crippen LogP contribution >= 0.6 is 0 Å². The molecule has 1 aromatic heterocycles. The molecule has 2 aliphatic heterocycles. The Bertz CT molecular complexity index is 1180. The van der Waals surface area contributed by atoms with Crippen LogP contribution < -0.4 is 9.47 Å². The third-order valence-corrected chi connectivity index (χ3v) is 7.17. The van der Waals surface area contributed by atoms with E-state index in [4.69, 9.17) is 9.47 Å². The highest BCUT2D eigenvalue weighted by Crippen LogP contribution is 2.32. The molecule has 1 saturated heterocycles. The lowest BCUT2D eigenvalue weighted by Crippen LogP contribution is -2.52. The highest BCUT2D eigenvalue weighted by Gasteiger charge is 2.36. The predicted octanol–water partition coefficient (Wildman–Crippen LogP) is 3.84. The molecule has 0 N–H and O–H groups in total. The second kappa shape index (κ2) is 10.8. The average molecular weight is 486 g/mol. The number of carbonyl (C=O) groups is 2. The Hall–Kier alpha value is -3.87. The quantitative estimate of drug-likeness (QED) is 0.531. The van der Waals surface area contributed by atoms with Crippen molar-refractivity contribution >= 4 is 11.8 Å². The van der Waals surface area contributed by atoms with E-state index >= 15 is 0 Å². The normalized spacial score (nSPS) is 18.4. The zero-order chi connectivity index (χ0) is 24.9. The minimum atomic E-state index is -0.634. The Labute approximate surface area is 211 Å². The SMILES string of the molecule is CN(C(=O)c1ccccn1)[C@@H](Cc1ccccc1)C1CCN(C(=O)[C@@H]2COc3ccccc3O2)CC1. The molecule has 7 nitrogen and oxygen atoms in total. The summed E-state index contributed by atoms with van der Waals surface area (Å²) in [5.41, 5.74) is 1.63. The van der Waals surface area contributed by atoms with Crippen molar-refractivity contribution in [1.82, 2.24) is 14.8 Å². The van der Waals surface area contributed by atoms with Crippen molar-refractivity contribution in [3.63, 3.8) is 0 Å². The molecule has 3 aromatic rings. The molecule has 0 aliphatic carbocycles. The molecule has 0 saturated carbocycles. The lowest BCUT2D eigenvalue weighted by molar-refractivity contribution is -0.142.